The molecule has 0 aromatic carbocycles. The molecule has 2 fully saturated rings. The molecule has 0 radical (unpaired) electrons. The van der Waals surface area contributed by atoms with Crippen LogP contribution in [0.2, 0.25) is 0 Å². The lowest BCUT2D eigenvalue weighted by Crippen LogP contribution is -2.49. The van der Waals surface area contributed by atoms with E-state index >= 15 is 0 Å². The van der Waals surface area contributed by atoms with Gasteiger partial charge in [-0.1, -0.05) is 26.0 Å². The van der Waals surface area contributed by atoms with Gasteiger partial charge in [-0.3, -0.25) is 4.90 Å². The second-order valence-electron chi connectivity index (χ2n) is 4.83. The Morgan fingerprint density at radius 3 is 3.08 bits per heavy atom. The Hall–Kier alpha value is -0.300. The van der Waals surface area contributed by atoms with Crippen LogP contribution in [0.25, 0.3) is 0 Å². The zero-order valence-electron chi connectivity index (χ0n) is 8.97. The first kappa shape index (κ1) is 9.26. The average molecular weight is 179 g/mol. The van der Waals surface area contributed by atoms with E-state index in [0.29, 0.717) is 5.54 Å². The summed E-state index contributed by atoms with van der Waals surface area (Å²) in [5.41, 5.74) is 1.91. The number of hydrogen-bond donors (Lipinski definition) is 0. The number of fused-ring (bicyclic) bond motifs is 1. The van der Waals surface area contributed by atoms with Crippen molar-refractivity contribution in [2.24, 2.45) is 5.92 Å². The molecule has 0 bridgehead atoms. The van der Waals surface area contributed by atoms with Gasteiger partial charge in [0.25, 0.3) is 0 Å². The van der Waals surface area contributed by atoms with Crippen LogP contribution >= 0.6 is 0 Å². The van der Waals surface area contributed by atoms with Crippen LogP contribution < -0.4 is 0 Å². The summed E-state index contributed by atoms with van der Waals surface area (Å²) >= 11 is 0. The van der Waals surface area contributed by atoms with Crippen molar-refractivity contribution >= 4 is 0 Å². The maximum absolute atomic E-state index is 4.26. The lowest BCUT2D eigenvalue weighted by atomic mass is 9.78. The van der Waals surface area contributed by atoms with Gasteiger partial charge in [-0.25, -0.2) is 0 Å². The van der Waals surface area contributed by atoms with Crippen molar-refractivity contribution in [1.82, 2.24) is 4.90 Å². The molecule has 1 heteroatoms. The third-order valence-electron chi connectivity index (χ3n) is 4.11. The van der Waals surface area contributed by atoms with E-state index in [1.54, 1.807) is 0 Å². The molecular weight excluding hydrogens is 158 g/mol. The van der Waals surface area contributed by atoms with E-state index in [1.165, 1.54) is 44.3 Å². The van der Waals surface area contributed by atoms with Gasteiger partial charge in [0.2, 0.25) is 0 Å². The van der Waals surface area contributed by atoms with Crippen molar-refractivity contribution in [3.05, 3.63) is 12.2 Å². The van der Waals surface area contributed by atoms with Crippen molar-refractivity contribution in [3.63, 3.8) is 0 Å². The van der Waals surface area contributed by atoms with Crippen molar-refractivity contribution < 1.29 is 0 Å². The molecule has 74 valence electrons. The molecule has 0 aromatic rings. The second kappa shape index (κ2) is 3.13. The van der Waals surface area contributed by atoms with Crippen LogP contribution in [0.1, 0.15) is 39.5 Å². The fourth-order valence-corrected chi connectivity index (χ4v) is 3.14. The molecule has 0 amide bonds. The molecule has 0 aromatic heterocycles. The number of piperidine rings is 1. The van der Waals surface area contributed by atoms with Crippen LogP contribution in [0.15, 0.2) is 12.2 Å². The van der Waals surface area contributed by atoms with Gasteiger partial charge in [-0.05, 0) is 31.6 Å². The minimum atomic E-state index is 0.409. The average Bonchev–Trinajstić information content (AvgIpc) is 2.44. The van der Waals surface area contributed by atoms with Crippen LogP contribution in [0.3, 0.4) is 0 Å². The van der Waals surface area contributed by atoms with Crippen molar-refractivity contribution in [2.75, 3.05) is 13.1 Å². The summed E-state index contributed by atoms with van der Waals surface area (Å²) in [6, 6.07) is 0. The lowest BCUT2D eigenvalue weighted by molar-refractivity contribution is 0.0797. The molecule has 0 spiro atoms. The summed E-state index contributed by atoms with van der Waals surface area (Å²) in [5.74, 6) is 0.894. The van der Waals surface area contributed by atoms with Crippen LogP contribution in [-0.2, 0) is 0 Å². The first-order valence-electron chi connectivity index (χ1n) is 5.62. The minimum absolute atomic E-state index is 0.409. The van der Waals surface area contributed by atoms with Gasteiger partial charge >= 0.3 is 0 Å². The third kappa shape index (κ3) is 1.25. The van der Waals surface area contributed by atoms with E-state index in [2.05, 4.69) is 25.3 Å². The maximum atomic E-state index is 4.26. The van der Waals surface area contributed by atoms with E-state index in [1.807, 2.05) is 0 Å². The van der Waals surface area contributed by atoms with E-state index in [4.69, 9.17) is 0 Å². The fraction of sp³-hybridized carbons (Fsp3) is 0.833. The Morgan fingerprint density at radius 2 is 2.38 bits per heavy atom. The quantitative estimate of drug-likeness (QED) is 0.559. The Kier molecular flexibility index (Phi) is 2.23. The van der Waals surface area contributed by atoms with Gasteiger partial charge in [-0.15, -0.1) is 0 Å². The summed E-state index contributed by atoms with van der Waals surface area (Å²) in [7, 11) is 0. The van der Waals surface area contributed by atoms with Gasteiger partial charge in [-0.2, -0.15) is 0 Å². The van der Waals surface area contributed by atoms with Crippen LogP contribution in [-0.4, -0.2) is 23.5 Å². The van der Waals surface area contributed by atoms with Crippen molar-refractivity contribution in [3.8, 4) is 0 Å². The molecule has 2 aliphatic heterocycles. The SMILES string of the molecule is C=C1CCN2CC(C)CC[C@]12CC. The van der Waals surface area contributed by atoms with Gasteiger partial charge in [0.15, 0.2) is 0 Å². The third-order valence-corrected chi connectivity index (χ3v) is 4.11. The first-order chi connectivity index (χ1) is 6.19. The molecule has 0 aliphatic carbocycles. The number of rotatable bonds is 1. The fourth-order valence-electron chi connectivity index (χ4n) is 3.14. The maximum Gasteiger partial charge on any atom is 0.0416 e. The monoisotopic (exact) mass is 179 g/mol. The Morgan fingerprint density at radius 1 is 1.62 bits per heavy atom. The predicted molar refractivity (Wildman–Crippen MR) is 56.8 cm³/mol. The van der Waals surface area contributed by atoms with E-state index in [9.17, 15) is 0 Å². The second-order valence-corrected chi connectivity index (χ2v) is 4.83. The highest BCUT2D eigenvalue weighted by atomic mass is 15.2. The van der Waals surface area contributed by atoms with E-state index < -0.39 is 0 Å². The largest absolute Gasteiger partial charge is 0.293 e. The van der Waals surface area contributed by atoms with Gasteiger partial charge < -0.3 is 0 Å². The molecule has 1 nitrogen and oxygen atoms in total. The molecule has 0 N–H and O–H groups in total. The molecule has 2 rings (SSSR count). The normalized spacial score (nSPS) is 40.8. The lowest BCUT2D eigenvalue weighted by Gasteiger charge is -2.45. The van der Waals surface area contributed by atoms with Crippen LogP contribution in [0, 0.1) is 5.92 Å². The molecule has 2 aliphatic rings. The zero-order valence-corrected chi connectivity index (χ0v) is 8.97. The molecular formula is C12H21N. The minimum Gasteiger partial charge on any atom is -0.293 e. The molecule has 2 saturated heterocycles. The summed E-state index contributed by atoms with van der Waals surface area (Å²) < 4.78 is 0. The van der Waals surface area contributed by atoms with E-state index in [-0.39, 0.29) is 0 Å². The summed E-state index contributed by atoms with van der Waals surface area (Å²) in [4.78, 5) is 2.68. The van der Waals surface area contributed by atoms with Crippen molar-refractivity contribution in [1.29, 1.82) is 0 Å². The van der Waals surface area contributed by atoms with Gasteiger partial charge in [0, 0.05) is 18.6 Å². The topological polar surface area (TPSA) is 3.24 Å². The highest BCUT2D eigenvalue weighted by Gasteiger charge is 2.44. The molecule has 1 unspecified atom stereocenters. The summed E-state index contributed by atoms with van der Waals surface area (Å²) in [6.07, 6.45) is 5.24. The van der Waals surface area contributed by atoms with Crippen LogP contribution in [0.5, 0.6) is 0 Å². The summed E-state index contributed by atoms with van der Waals surface area (Å²) in [5, 5.41) is 0. The number of nitrogens with zero attached hydrogens (tertiary/aromatic N) is 1. The van der Waals surface area contributed by atoms with Crippen LogP contribution in [0.4, 0.5) is 0 Å². The standard InChI is InChI=1S/C12H21N/c1-4-12-7-5-10(2)9-13(12)8-6-11(12)3/h10H,3-9H2,1-2H3/t10?,12-/m1/s1. The number of hydrogen-bond acceptors (Lipinski definition) is 1. The highest BCUT2D eigenvalue weighted by Crippen LogP contribution is 2.44. The van der Waals surface area contributed by atoms with Crippen molar-refractivity contribution in [2.45, 2.75) is 45.1 Å². The zero-order chi connectivity index (χ0) is 9.47. The smallest absolute Gasteiger partial charge is 0.0416 e. The predicted octanol–water partition coefficient (Wildman–Crippen LogP) is 2.83. The molecule has 2 atom stereocenters. The molecule has 13 heavy (non-hydrogen) atoms. The Balaban J connectivity index is 2.22. The van der Waals surface area contributed by atoms with E-state index in [0.717, 1.165) is 5.92 Å². The van der Waals surface area contributed by atoms with Gasteiger partial charge in [0.05, 0.1) is 0 Å². The Bertz CT molecular complexity index is 221. The Labute approximate surface area is 81.8 Å². The highest BCUT2D eigenvalue weighted by molar-refractivity contribution is 5.23. The molecule has 0 saturated carbocycles. The first-order valence-corrected chi connectivity index (χ1v) is 5.62. The van der Waals surface area contributed by atoms with Gasteiger partial charge in [0.1, 0.15) is 0 Å². The summed E-state index contributed by atoms with van der Waals surface area (Å²) in [6.45, 7) is 11.5. The molecule has 2 heterocycles.